The SMILES string of the molecule is CC(=O)c1ccccc(=O)c1N. The minimum atomic E-state index is -0.315. The molecule has 12 heavy (non-hydrogen) atoms. The topological polar surface area (TPSA) is 60.2 Å². The van der Waals surface area contributed by atoms with E-state index in [0.717, 1.165) is 0 Å². The predicted molar refractivity (Wildman–Crippen MR) is 47.1 cm³/mol. The molecule has 0 bridgehead atoms. The van der Waals surface area contributed by atoms with Crippen molar-refractivity contribution < 1.29 is 4.79 Å². The second-order valence-electron chi connectivity index (χ2n) is 2.47. The van der Waals surface area contributed by atoms with Crippen molar-refractivity contribution in [1.82, 2.24) is 0 Å². The average Bonchev–Trinajstić information content (AvgIpc) is 2.15. The number of anilines is 1. The van der Waals surface area contributed by atoms with Crippen LogP contribution >= 0.6 is 0 Å². The molecule has 0 heterocycles. The quantitative estimate of drug-likeness (QED) is 0.624. The van der Waals surface area contributed by atoms with Crippen LogP contribution in [-0.2, 0) is 0 Å². The summed E-state index contributed by atoms with van der Waals surface area (Å²) in [6.07, 6.45) is 0. The molecular formula is C9H9NO2. The number of carbonyl (C=O) groups excluding carboxylic acids is 1. The van der Waals surface area contributed by atoms with E-state index in [1.165, 1.54) is 13.0 Å². The number of nitrogen functional groups attached to an aromatic ring is 1. The van der Waals surface area contributed by atoms with E-state index in [9.17, 15) is 9.59 Å². The van der Waals surface area contributed by atoms with E-state index in [4.69, 9.17) is 5.73 Å². The maximum Gasteiger partial charge on any atom is 0.202 e. The van der Waals surface area contributed by atoms with Crippen LogP contribution in [0.1, 0.15) is 17.3 Å². The highest BCUT2D eigenvalue weighted by atomic mass is 16.1. The molecule has 0 aliphatic rings. The number of carbonyl (C=O) groups is 1. The molecule has 1 aromatic rings. The summed E-state index contributed by atoms with van der Waals surface area (Å²) >= 11 is 0. The molecule has 0 atom stereocenters. The average molecular weight is 163 g/mol. The van der Waals surface area contributed by atoms with E-state index in [0.29, 0.717) is 0 Å². The molecular weight excluding hydrogens is 154 g/mol. The van der Waals surface area contributed by atoms with Crippen LogP contribution in [0.2, 0.25) is 0 Å². The van der Waals surface area contributed by atoms with Gasteiger partial charge in [-0.05, 0) is 19.1 Å². The maximum absolute atomic E-state index is 11.1. The van der Waals surface area contributed by atoms with Crippen LogP contribution in [0.3, 0.4) is 0 Å². The van der Waals surface area contributed by atoms with Crippen LogP contribution in [0.15, 0.2) is 29.1 Å². The standard InChI is InChI=1S/C9H9NO2/c1-6(11)7-4-2-3-5-8(12)9(7)10/h2-5H,1H3,(H2,10,12). The van der Waals surface area contributed by atoms with Crippen LogP contribution < -0.4 is 11.2 Å². The zero-order chi connectivity index (χ0) is 9.14. The lowest BCUT2D eigenvalue weighted by atomic mass is 10.2. The number of ketones is 1. The van der Waals surface area contributed by atoms with Crippen LogP contribution in [0.25, 0.3) is 0 Å². The maximum atomic E-state index is 11.1. The summed E-state index contributed by atoms with van der Waals surface area (Å²) in [6, 6.07) is 6.06. The Hall–Kier alpha value is -1.64. The van der Waals surface area contributed by atoms with Crippen molar-refractivity contribution in [3.63, 3.8) is 0 Å². The Kier molecular flexibility index (Phi) is 2.24. The molecule has 0 aliphatic carbocycles. The first-order chi connectivity index (χ1) is 5.63. The van der Waals surface area contributed by atoms with Gasteiger partial charge in [0.25, 0.3) is 0 Å². The van der Waals surface area contributed by atoms with Crippen LogP contribution in [-0.4, -0.2) is 5.78 Å². The van der Waals surface area contributed by atoms with Crippen molar-refractivity contribution in [1.29, 1.82) is 0 Å². The van der Waals surface area contributed by atoms with Crippen molar-refractivity contribution >= 4 is 11.5 Å². The molecule has 1 rings (SSSR count). The number of hydrogen-bond acceptors (Lipinski definition) is 3. The van der Waals surface area contributed by atoms with E-state index in [2.05, 4.69) is 0 Å². The van der Waals surface area contributed by atoms with Crippen molar-refractivity contribution in [3.8, 4) is 0 Å². The summed E-state index contributed by atoms with van der Waals surface area (Å²) in [5, 5.41) is 0. The Bertz CT molecular complexity index is 371. The fourth-order valence-electron chi connectivity index (χ4n) is 0.914. The molecule has 1 aromatic carbocycles. The predicted octanol–water partition coefficient (Wildman–Crippen LogP) is 0.832. The fraction of sp³-hybridized carbons (Fsp3) is 0.111. The smallest absolute Gasteiger partial charge is 0.202 e. The van der Waals surface area contributed by atoms with Crippen molar-refractivity contribution in [3.05, 3.63) is 40.1 Å². The lowest BCUT2D eigenvalue weighted by Gasteiger charge is -1.92. The monoisotopic (exact) mass is 163 g/mol. The molecule has 0 aromatic heterocycles. The normalized spacial score (nSPS) is 9.42. The van der Waals surface area contributed by atoms with Gasteiger partial charge in [-0.15, -0.1) is 0 Å². The minimum Gasteiger partial charge on any atom is -0.395 e. The van der Waals surface area contributed by atoms with Gasteiger partial charge in [0.15, 0.2) is 5.78 Å². The van der Waals surface area contributed by atoms with Gasteiger partial charge in [0.2, 0.25) is 5.43 Å². The molecule has 0 fully saturated rings. The molecule has 0 amide bonds. The highest BCUT2D eigenvalue weighted by Gasteiger charge is 2.03. The molecule has 3 nitrogen and oxygen atoms in total. The third-order valence-corrected chi connectivity index (χ3v) is 1.56. The van der Waals surface area contributed by atoms with Gasteiger partial charge in [0.05, 0.1) is 5.69 Å². The molecule has 0 saturated carbocycles. The lowest BCUT2D eigenvalue weighted by molar-refractivity contribution is 0.101. The van der Waals surface area contributed by atoms with Crippen molar-refractivity contribution in [2.45, 2.75) is 6.92 Å². The first-order valence-electron chi connectivity index (χ1n) is 3.52. The molecule has 0 spiro atoms. The highest BCUT2D eigenvalue weighted by molar-refractivity contribution is 5.98. The van der Waals surface area contributed by atoms with Gasteiger partial charge in [-0.1, -0.05) is 12.1 Å². The zero-order valence-corrected chi connectivity index (χ0v) is 6.70. The van der Waals surface area contributed by atoms with E-state index in [-0.39, 0.29) is 22.5 Å². The first kappa shape index (κ1) is 8.46. The van der Waals surface area contributed by atoms with E-state index < -0.39 is 0 Å². The Morgan fingerprint density at radius 3 is 2.50 bits per heavy atom. The van der Waals surface area contributed by atoms with E-state index >= 15 is 0 Å². The van der Waals surface area contributed by atoms with Crippen LogP contribution in [0.4, 0.5) is 5.69 Å². The Labute approximate surface area is 69.8 Å². The summed E-state index contributed by atoms with van der Waals surface area (Å²) in [4.78, 5) is 22.0. The number of nitrogens with two attached hydrogens (primary N) is 1. The van der Waals surface area contributed by atoms with E-state index in [1.54, 1.807) is 18.2 Å². The summed E-state index contributed by atoms with van der Waals surface area (Å²) in [6.45, 7) is 1.38. The molecule has 0 saturated heterocycles. The third kappa shape index (κ3) is 1.50. The summed E-state index contributed by atoms with van der Waals surface area (Å²) in [5.74, 6) is -0.194. The van der Waals surface area contributed by atoms with Gasteiger partial charge < -0.3 is 5.73 Å². The van der Waals surface area contributed by atoms with Gasteiger partial charge in [-0.3, -0.25) is 9.59 Å². The minimum absolute atomic E-state index is 0.0208. The Balaban J connectivity index is 3.53. The number of Topliss-reactive ketones (excluding diaryl/α,β-unsaturated/α-hetero) is 1. The second kappa shape index (κ2) is 3.17. The van der Waals surface area contributed by atoms with Gasteiger partial charge in [0.1, 0.15) is 0 Å². The van der Waals surface area contributed by atoms with Crippen molar-refractivity contribution in [2.75, 3.05) is 5.73 Å². The zero-order valence-electron chi connectivity index (χ0n) is 6.70. The summed E-state index contributed by atoms with van der Waals surface area (Å²) in [5.41, 5.74) is 5.42. The van der Waals surface area contributed by atoms with Gasteiger partial charge in [-0.25, -0.2) is 0 Å². The molecule has 3 heteroatoms. The van der Waals surface area contributed by atoms with E-state index in [1.807, 2.05) is 0 Å². The third-order valence-electron chi connectivity index (χ3n) is 1.56. The molecule has 2 N–H and O–H groups in total. The second-order valence-corrected chi connectivity index (χ2v) is 2.47. The largest absolute Gasteiger partial charge is 0.395 e. The Morgan fingerprint density at radius 2 is 1.92 bits per heavy atom. The van der Waals surface area contributed by atoms with Gasteiger partial charge in [-0.2, -0.15) is 0 Å². The summed E-state index contributed by atoms with van der Waals surface area (Å²) in [7, 11) is 0. The molecule has 0 radical (unpaired) electrons. The van der Waals surface area contributed by atoms with Gasteiger partial charge >= 0.3 is 0 Å². The van der Waals surface area contributed by atoms with Crippen LogP contribution in [0.5, 0.6) is 0 Å². The van der Waals surface area contributed by atoms with Crippen LogP contribution in [0, 0.1) is 0 Å². The number of rotatable bonds is 1. The lowest BCUT2D eigenvalue weighted by Crippen LogP contribution is -2.08. The highest BCUT2D eigenvalue weighted by Crippen LogP contribution is 2.04. The van der Waals surface area contributed by atoms with Gasteiger partial charge in [0, 0.05) is 5.56 Å². The molecule has 0 unspecified atom stereocenters. The summed E-state index contributed by atoms with van der Waals surface area (Å²) < 4.78 is 0. The fourth-order valence-corrected chi connectivity index (χ4v) is 0.914. The molecule has 62 valence electrons. The van der Waals surface area contributed by atoms with Crippen molar-refractivity contribution in [2.24, 2.45) is 0 Å². The first-order valence-corrected chi connectivity index (χ1v) is 3.52. The number of hydrogen-bond donors (Lipinski definition) is 1. The molecule has 0 aliphatic heterocycles. The Morgan fingerprint density at radius 1 is 1.33 bits per heavy atom.